The lowest BCUT2D eigenvalue weighted by molar-refractivity contribution is -0.149. The Morgan fingerprint density at radius 1 is 1.38 bits per heavy atom. The summed E-state index contributed by atoms with van der Waals surface area (Å²) in [4.78, 5) is 30.8. The third-order valence-corrected chi connectivity index (χ3v) is 5.70. The van der Waals surface area contributed by atoms with Gasteiger partial charge >= 0.3 is 5.97 Å². The molecule has 1 amide bonds. The van der Waals surface area contributed by atoms with E-state index in [4.69, 9.17) is 11.6 Å². The molecule has 6 heteroatoms. The zero-order valence-electron chi connectivity index (χ0n) is 13.0. The average molecular weight is 345 g/mol. The normalized spacial score (nSPS) is 25.9. The quantitative estimate of drug-likeness (QED) is 0.908. The van der Waals surface area contributed by atoms with E-state index in [0.29, 0.717) is 29.1 Å². The fourth-order valence-corrected chi connectivity index (χ4v) is 4.51. The number of rotatable bonds is 2. The molecule has 0 unspecified atom stereocenters. The van der Waals surface area contributed by atoms with Gasteiger partial charge in [0.1, 0.15) is 0 Å². The fraction of sp³-hybridized carbons (Fsp3) is 0.389. The maximum atomic E-state index is 13.0. The number of halogens is 1. The Labute approximate surface area is 144 Å². The number of aromatic nitrogens is 1. The van der Waals surface area contributed by atoms with Gasteiger partial charge in [-0.15, -0.1) is 0 Å². The number of amides is 1. The largest absolute Gasteiger partial charge is 0.481 e. The lowest BCUT2D eigenvalue weighted by Gasteiger charge is -2.23. The number of hydrogen-bond donors (Lipinski definition) is 1. The standard InChI is InChI=1S/C18H17ClN2O3/c19-13-7-11-3-2-6-20-15(11)14(8-13)16(22)21-9-12-4-1-5-18(12,10-21)17(23)24/h2-3,6-8,12H,1,4-5,9-10H2,(H,23,24)/t12-,18+/m0/s1. The molecule has 2 fully saturated rings. The monoisotopic (exact) mass is 344 g/mol. The second-order valence-electron chi connectivity index (χ2n) is 6.76. The van der Waals surface area contributed by atoms with Crippen molar-refractivity contribution in [3.8, 4) is 0 Å². The molecule has 24 heavy (non-hydrogen) atoms. The third-order valence-electron chi connectivity index (χ3n) is 5.48. The fourth-order valence-electron chi connectivity index (χ4n) is 4.28. The van der Waals surface area contributed by atoms with Crippen LogP contribution in [0.25, 0.3) is 10.9 Å². The summed E-state index contributed by atoms with van der Waals surface area (Å²) >= 11 is 6.16. The molecular weight excluding hydrogens is 328 g/mol. The van der Waals surface area contributed by atoms with E-state index in [0.717, 1.165) is 18.2 Å². The number of carboxylic acid groups (broad SMARTS) is 1. The van der Waals surface area contributed by atoms with Crippen LogP contribution in [0, 0.1) is 11.3 Å². The van der Waals surface area contributed by atoms with Gasteiger partial charge in [-0.3, -0.25) is 14.6 Å². The smallest absolute Gasteiger partial charge is 0.311 e. The zero-order chi connectivity index (χ0) is 16.9. The van der Waals surface area contributed by atoms with Gasteiger partial charge < -0.3 is 10.0 Å². The minimum atomic E-state index is -0.783. The SMILES string of the molecule is O=C(c1cc(Cl)cc2cccnc12)N1C[C@@H]2CCC[C@@]2(C(=O)O)C1. The maximum Gasteiger partial charge on any atom is 0.311 e. The van der Waals surface area contributed by atoms with Gasteiger partial charge in [0.15, 0.2) is 0 Å². The van der Waals surface area contributed by atoms with Crippen molar-refractivity contribution in [2.75, 3.05) is 13.1 Å². The second-order valence-corrected chi connectivity index (χ2v) is 7.20. The highest BCUT2D eigenvalue weighted by atomic mass is 35.5. The maximum absolute atomic E-state index is 13.0. The minimum Gasteiger partial charge on any atom is -0.481 e. The van der Waals surface area contributed by atoms with E-state index in [9.17, 15) is 14.7 Å². The van der Waals surface area contributed by atoms with Crippen molar-refractivity contribution in [1.82, 2.24) is 9.88 Å². The van der Waals surface area contributed by atoms with Crippen LogP contribution in [0.3, 0.4) is 0 Å². The van der Waals surface area contributed by atoms with E-state index in [2.05, 4.69) is 4.98 Å². The number of hydrogen-bond acceptors (Lipinski definition) is 3. The van der Waals surface area contributed by atoms with Crippen LogP contribution in [-0.2, 0) is 4.79 Å². The van der Waals surface area contributed by atoms with E-state index < -0.39 is 11.4 Å². The van der Waals surface area contributed by atoms with Crippen molar-refractivity contribution in [3.05, 3.63) is 41.0 Å². The number of carboxylic acids is 1. The van der Waals surface area contributed by atoms with Gasteiger partial charge in [-0.2, -0.15) is 0 Å². The van der Waals surface area contributed by atoms with Crippen LogP contribution in [0.2, 0.25) is 5.02 Å². The van der Waals surface area contributed by atoms with Crippen molar-refractivity contribution in [3.63, 3.8) is 0 Å². The predicted molar refractivity (Wildman–Crippen MR) is 90.1 cm³/mol. The lowest BCUT2D eigenvalue weighted by atomic mass is 9.81. The number of carbonyl (C=O) groups is 2. The molecule has 1 aromatic carbocycles. The van der Waals surface area contributed by atoms with Crippen LogP contribution in [0.5, 0.6) is 0 Å². The van der Waals surface area contributed by atoms with Gasteiger partial charge in [-0.25, -0.2) is 0 Å². The second kappa shape index (κ2) is 5.45. The highest BCUT2D eigenvalue weighted by molar-refractivity contribution is 6.32. The molecule has 124 valence electrons. The van der Waals surface area contributed by atoms with Gasteiger partial charge in [0.05, 0.1) is 16.5 Å². The Hall–Kier alpha value is -2.14. The van der Waals surface area contributed by atoms with E-state index in [1.54, 1.807) is 29.3 Å². The first-order valence-corrected chi connectivity index (χ1v) is 8.46. The molecule has 1 saturated heterocycles. The minimum absolute atomic E-state index is 0.0392. The molecule has 2 atom stereocenters. The van der Waals surface area contributed by atoms with Crippen LogP contribution in [-0.4, -0.2) is 40.0 Å². The first-order chi connectivity index (χ1) is 11.5. The van der Waals surface area contributed by atoms with Crippen molar-refractivity contribution in [2.45, 2.75) is 19.3 Å². The van der Waals surface area contributed by atoms with E-state index >= 15 is 0 Å². The van der Waals surface area contributed by atoms with Crippen LogP contribution in [0.15, 0.2) is 30.5 Å². The number of aliphatic carboxylic acids is 1. The summed E-state index contributed by atoms with van der Waals surface area (Å²) in [5.41, 5.74) is 0.268. The molecule has 0 spiro atoms. The first-order valence-electron chi connectivity index (χ1n) is 8.08. The average Bonchev–Trinajstić information content (AvgIpc) is 3.11. The summed E-state index contributed by atoms with van der Waals surface area (Å²) in [7, 11) is 0. The van der Waals surface area contributed by atoms with E-state index in [-0.39, 0.29) is 18.4 Å². The molecule has 2 heterocycles. The van der Waals surface area contributed by atoms with Crippen molar-refractivity contribution in [1.29, 1.82) is 0 Å². The number of carbonyl (C=O) groups excluding carboxylic acids is 1. The number of nitrogens with zero attached hydrogens (tertiary/aromatic N) is 2. The van der Waals surface area contributed by atoms with Crippen molar-refractivity contribution < 1.29 is 14.7 Å². The molecule has 0 radical (unpaired) electrons. The molecular formula is C18H17ClN2O3. The number of benzene rings is 1. The molecule has 2 aromatic rings. The topological polar surface area (TPSA) is 70.5 Å². The molecule has 1 aromatic heterocycles. The molecule has 1 saturated carbocycles. The summed E-state index contributed by atoms with van der Waals surface area (Å²) in [6, 6.07) is 7.06. The molecule has 5 nitrogen and oxygen atoms in total. The van der Waals surface area contributed by atoms with Gasteiger partial charge in [0, 0.05) is 29.7 Å². The van der Waals surface area contributed by atoms with Crippen LogP contribution >= 0.6 is 11.6 Å². The zero-order valence-corrected chi connectivity index (χ0v) is 13.8. The number of fused-ring (bicyclic) bond motifs is 2. The summed E-state index contributed by atoms with van der Waals surface area (Å²) < 4.78 is 0. The number of pyridine rings is 1. The van der Waals surface area contributed by atoms with Crippen LogP contribution < -0.4 is 0 Å². The molecule has 4 rings (SSSR count). The van der Waals surface area contributed by atoms with Gasteiger partial charge in [-0.05, 0) is 37.0 Å². The Morgan fingerprint density at radius 2 is 2.21 bits per heavy atom. The molecule has 1 aliphatic carbocycles. The highest BCUT2D eigenvalue weighted by Crippen LogP contribution is 2.49. The molecule has 2 aliphatic rings. The van der Waals surface area contributed by atoms with E-state index in [1.165, 1.54) is 0 Å². The Morgan fingerprint density at radius 3 is 2.96 bits per heavy atom. The van der Waals surface area contributed by atoms with Crippen LogP contribution in [0.1, 0.15) is 29.6 Å². The Kier molecular flexibility index (Phi) is 3.49. The predicted octanol–water partition coefficient (Wildman–Crippen LogP) is 3.22. The Balaban J connectivity index is 1.72. The third kappa shape index (κ3) is 2.18. The van der Waals surface area contributed by atoms with E-state index in [1.807, 2.05) is 6.07 Å². The summed E-state index contributed by atoms with van der Waals surface area (Å²) in [5, 5.41) is 11.0. The summed E-state index contributed by atoms with van der Waals surface area (Å²) in [5.74, 6) is -0.928. The lowest BCUT2D eigenvalue weighted by Crippen LogP contribution is -2.37. The Bertz CT molecular complexity index is 853. The van der Waals surface area contributed by atoms with Crippen molar-refractivity contribution in [2.24, 2.45) is 11.3 Å². The van der Waals surface area contributed by atoms with Crippen molar-refractivity contribution >= 4 is 34.4 Å². The molecule has 1 aliphatic heterocycles. The van der Waals surface area contributed by atoms with Gasteiger partial charge in [0.2, 0.25) is 0 Å². The van der Waals surface area contributed by atoms with Gasteiger partial charge in [0.25, 0.3) is 5.91 Å². The highest BCUT2D eigenvalue weighted by Gasteiger charge is 2.55. The number of likely N-dealkylation sites (tertiary alicyclic amines) is 1. The molecule has 0 bridgehead atoms. The van der Waals surface area contributed by atoms with Crippen LogP contribution in [0.4, 0.5) is 0 Å². The first kappa shape index (κ1) is 15.4. The summed E-state index contributed by atoms with van der Waals surface area (Å²) in [6.07, 6.45) is 4.07. The van der Waals surface area contributed by atoms with Gasteiger partial charge in [-0.1, -0.05) is 24.1 Å². The summed E-state index contributed by atoms with van der Waals surface area (Å²) in [6.45, 7) is 0.763. The molecule has 1 N–H and O–H groups in total.